The van der Waals surface area contributed by atoms with E-state index in [2.05, 4.69) is 225 Å². The van der Waals surface area contributed by atoms with Gasteiger partial charge in [0.2, 0.25) is 0 Å². The number of anilines is 3. The first-order valence-electron chi connectivity index (χ1n) is 23.3. The lowest BCUT2D eigenvalue weighted by Gasteiger charge is -2.36. The Morgan fingerprint density at radius 3 is 1.51 bits per heavy atom. The van der Waals surface area contributed by atoms with Crippen molar-refractivity contribution in [3.8, 4) is 44.5 Å². The summed E-state index contributed by atoms with van der Waals surface area (Å²) in [5.74, 6) is 0. The number of furan rings is 2. The molecule has 3 heteroatoms. The number of benzene rings is 10. The Morgan fingerprint density at radius 2 is 0.776 bits per heavy atom. The zero-order chi connectivity index (χ0) is 44.2. The van der Waals surface area contributed by atoms with Crippen LogP contribution in [0.15, 0.2) is 221 Å². The highest BCUT2D eigenvalue weighted by Crippen LogP contribution is 2.64. The van der Waals surface area contributed by atoms with Crippen LogP contribution in [0.25, 0.3) is 88.4 Å². The number of fused-ring (bicyclic) bond motifs is 22. The van der Waals surface area contributed by atoms with Crippen molar-refractivity contribution in [2.75, 3.05) is 4.90 Å². The van der Waals surface area contributed by atoms with Gasteiger partial charge in [-0.05, 0) is 139 Å². The SMILES string of the molecule is CC1(C)c2ccccc2-c2ccc(N(c3ccc4c(c3)C3(c5ccccc5-c5ccccc5-4)c4ccccc4-c4c3ccc3oc5ccccc5c43)c3ccc4oc5ccccc5c4c3)cc21. The van der Waals surface area contributed by atoms with Crippen molar-refractivity contribution in [1.82, 2.24) is 0 Å². The van der Waals surface area contributed by atoms with Crippen LogP contribution in [0.2, 0.25) is 0 Å². The summed E-state index contributed by atoms with van der Waals surface area (Å²) in [5, 5.41) is 4.50. The molecule has 67 heavy (non-hydrogen) atoms. The predicted octanol–water partition coefficient (Wildman–Crippen LogP) is 17.3. The van der Waals surface area contributed by atoms with Gasteiger partial charge in [0.25, 0.3) is 0 Å². The predicted molar refractivity (Wildman–Crippen MR) is 275 cm³/mol. The van der Waals surface area contributed by atoms with E-state index in [9.17, 15) is 0 Å². The molecule has 2 heterocycles. The van der Waals surface area contributed by atoms with Crippen LogP contribution < -0.4 is 4.90 Å². The Morgan fingerprint density at radius 1 is 0.313 bits per heavy atom. The van der Waals surface area contributed by atoms with E-state index in [-0.39, 0.29) is 5.41 Å². The van der Waals surface area contributed by atoms with Crippen LogP contribution >= 0.6 is 0 Å². The molecule has 1 spiro atoms. The van der Waals surface area contributed by atoms with E-state index in [1.165, 1.54) is 83.3 Å². The molecular formula is C64H41NO2. The molecule has 0 saturated heterocycles. The highest BCUT2D eigenvalue weighted by molar-refractivity contribution is 6.16. The Hall–Kier alpha value is -8.40. The molecule has 1 atom stereocenters. The lowest BCUT2D eigenvalue weighted by atomic mass is 9.65. The van der Waals surface area contributed by atoms with E-state index in [1.807, 2.05) is 6.07 Å². The van der Waals surface area contributed by atoms with Crippen molar-refractivity contribution in [3.05, 3.63) is 246 Å². The normalized spacial score (nSPS) is 15.8. The van der Waals surface area contributed by atoms with Gasteiger partial charge in [-0.3, -0.25) is 0 Å². The third kappa shape index (κ3) is 4.75. The van der Waals surface area contributed by atoms with Crippen LogP contribution in [-0.4, -0.2) is 0 Å². The van der Waals surface area contributed by atoms with E-state index < -0.39 is 5.41 Å². The quantitative estimate of drug-likeness (QED) is 0.177. The van der Waals surface area contributed by atoms with Crippen molar-refractivity contribution >= 4 is 60.9 Å². The van der Waals surface area contributed by atoms with E-state index in [1.54, 1.807) is 0 Å². The first-order valence-corrected chi connectivity index (χ1v) is 23.3. The molecule has 3 aliphatic rings. The maximum absolute atomic E-state index is 6.64. The van der Waals surface area contributed by atoms with Gasteiger partial charge in [0, 0.05) is 44.0 Å². The number of nitrogens with zero attached hydrogens (tertiary/aromatic N) is 1. The minimum absolute atomic E-state index is 0.177. The first-order chi connectivity index (χ1) is 33.0. The second-order valence-electron chi connectivity index (χ2n) is 19.1. The van der Waals surface area contributed by atoms with E-state index in [0.29, 0.717) is 0 Å². The number of para-hydroxylation sites is 2. The molecule has 0 aliphatic heterocycles. The molecule has 15 rings (SSSR count). The standard InChI is InChI=1S/C64H41NO2/c1-63(2)51-22-10-5-18-44(51)46-31-28-39(36-55(46)63)65(38-29-33-59-50(35-38)47-19-8-13-25-57(47)66-59)40-27-30-45-42-16-4-3-15-41(42)43-17-6-11-23-52(43)64(56(45)37-40)53-24-12-7-20-48(53)61-54(64)32-34-60-62(61)49-21-9-14-26-58(49)67-60/h3-37H,1-2H3. The monoisotopic (exact) mass is 855 g/mol. The summed E-state index contributed by atoms with van der Waals surface area (Å²) in [5.41, 5.74) is 23.7. The molecule has 0 amide bonds. The molecule has 0 saturated carbocycles. The van der Waals surface area contributed by atoms with Gasteiger partial charge < -0.3 is 13.7 Å². The lowest BCUT2D eigenvalue weighted by molar-refractivity contribution is 0.660. The van der Waals surface area contributed by atoms with Gasteiger partial charge in [-0.25, -0.2) is 0 Å². The molecule has 10 aromatic carbocycles. The maximum atomic E-state index is 6.64. The third-order valence-electron chi connectivity index (χ3n) is 15.5. The third-order valence-corrected chi connectivity index (χ3v) is 15.5. The molecule has 0 N–H and O–H groups in total. The lowest BCUT2D eigenvalue weighted by Crippen LogP contribution is -2.29. The summed E-state index contributed by atoms with van der Waals surface area (Å²) in [4.78, 5) is 2.48. The van der Waals surface area contributed by atoms with Gasteiger partial charge in [-0.2, -0.15) is 0 Å². The van der Waals surface area contributed by atoms with Gasteiger partial charge in [0.05, 0.1) is 5.41 Å². The smallest absolute Gasteiger partial charge is 0.136 e. The Kier molecular flexibility index (Phi) is 7.22. The van der Waals surface area contributed by atoms with Crippen LogP contribution in [0.4, 0.5) is 17.1 Å². The summed E-state index contributed by atoms with van der Waals surface area (Å²) < 4.78 is 13.1. The second kappa shape index (κ2) is 13.1. The van der Waals surface area contributed by atoms with Crippen molar-refractivity contribution in [1.29, 1.82) is 0 Å². The summed E-state index contributed by atoms with van der Waals surface area (Å²) in [6, 6.07) is 78.7. The van der Waals surface area contributed by atoms with E-state index in [0.717, 1.165) is 55.6 Å². The summed E-state index contributed by atoms with van der Waals surface area (Å²) in [6.45, 7) is 4.73. The average molecular weight is 856 g/mol. The molecule has 3 aliphatic carbocycles. The summed E-state index contributed by atoms with van der Waals surface area (Å²) in [6.07, 6.45) is 0. The van der Waals surface area contributed by atoms with Crippen molar-refractivity contribution in [3.63, 3.8) is 0 Å². The molecule has 314 valence electrons. The fourth-order valence-corrected chi connectivity index (χ4v) is 12.7. The van der Waals surface area contributed by atoms with Gasteiger partial charge in [0.1, 0.15) is 22.3 Å². The molecule has 1 unspecified atom stereocenters. The first kappa shape index (κ1) is 36.9. The molecule has 0 bridgehead atoms. The minimum Gasteiger partial charge on any atom is -0.456 e. The van der Waals surface area contributed by atoms with Crippen LogP contribution in [0.5, 0.6) is 0 Å². The Bertz CT molecular complexity index is 4110. The van der Waals surface area contributed by atoms with Gasteiger partial charge in [-0.15, -0.1) is 0 Å². The number of rotatable bonds is 3. The number of hydrogen-bond acceptors (Lipinski definition) is 3. The highest BCUT2D eigenvalue weighted by Gasteiger charge is 2.51. The van der Waals surface area contributed by atoms with E-state index in [4.69, 9.17) is 8.83 Å². The molecule has 3 nitrogen and oxygen atoms in total. The molecule has 12 aromatic rings. The fourth-order valence-electron chi connectivity index (χ4n) is 12.7. The Balaban J connectivity index is 1.07. The number of hydrogen-bond donors (Lipinski definition) is 0. The summed E-state index contributed by atoms with van der Waals surface area (Å²) >= 11 is 0. The zero-order valence-electron chi connectivity index (χ0n) is 37.0. The van der Waals surface area contributed by atoms with Gasteiger partial charge >= 0.3 is 0 Å². The summed E-state index contributed by atoms with van der Waals surface area (Å²) in [7, 11) is 0. The Labute approximate surface area is 387 Å². The van der Waals surface area contributed by atoms with Crippen LogP contribution in [-0.2, 0) is 10.8 Å². The second-order valence-corrected chi connectivity index (χ2v) is 19.1. The van der Waals surface area contributed by atoms with Crippen molar-refractivity contribution in [2.24, 2.45) is 0 Å². The highest BCUT2D eigenvalue weighted by atomic mass is 16.3. The van der Waals surface area contributed by atoms with Gasteiger partial charge in [0.15, 0.2) is 0 Å². The maximum Gasteiger partial charge on any atom is 0.136 e. The largest absolute Gasteiger partial charge is 0.456 e. The van der Waals surface area contributed by atoms with Crippen LogP contribution in [0, 0.1) is 0 Å². The zero-order valence-corrected chi connectivity index (χ0v) is 37.0. The van der Waals surface area contributed by atoms with Crippen LogP contribution in [0.3, 0.4) is 0 Å². The van der Waals surface area contributed by atoms with Gasteiger partial charge in [-0.1, -0.05) is 166 Å². The van der Waals surface area contributed by atoms with Crippen molar-refractivity contribution < 1.29 is 8.83 Å². The van der Waals surface area contributed by atoms with Crippen molar-refractivity contribution in [2.45, 2.75) is 24.7 Å². The topological polar surface area (TPSA) is 29.5 Å². The minimum atomic E-state index is -0.697. The average Bonchev–Trinajstić information content (AvgIpc) is 4.07. The fraction of sp³-hybridized carbons (Fsp3) is 0.0625. The molecular weight excluding hydrogens is 815 g/mol. The molecule has 0 fully saturated rings. The molecule has 0 radical (unpaired) electrons. The van der Waals surface area contributed by atoms with Crippen LogP contribution in [0.1, 0.15) is 47.2 Å². The van der Waals surface area contributed by atoms with E-state index >= 15 is 0 Å². The molecule has 2 aromatic heterocycles.